The standard InChI is InChI=1S/C10H12N4O3S/c11-7-1-2-8(10-9(7)13-17-14-10)12-6-3-4-18(15,16)5-6/h1-2,6,12H,3-5,11H2. The largest absolute Gasteiger partial charge is 0.397 e. The van der Waals surface area contributed by atoms with E-state index < -0.39 is 9.84 Å². The van der Waals surface area contributed by atoms with Gasteiger partial charge in [-0.25, -0.2) is 13.0 Å². The van der Waals surface area contributed by atoms with Crippen molar-refractivity contribution in [3.05, 3.63) is 12.1 Å². The van der Waals surface area contributed by atoms with Crippen LogP contribution in [0.1, 0.15) is 6.42 Å². The molecule has 8 heteroatoms. The van der Waals surface area contributed by atoms with Crippen LogP contribution in [0.25, 0.3) is 11.0 Å². The Hall–Kier alpha value is -1.83. The van der Waals surface area contributed by atoms with E-state index in [1.165, 1.54) is 0 Å². The summed E-state index contributed by atoms with van der Waals surface area (Å²) >= 11 is 0. The van der Waals surface area contributed by atoms with Crippen LogP contribution in [-0.2, 0) is 9.84 Å². The Kier molecular flexibility index (Phi) is 2.40. The average Bonchev–Trinajstić information content (AvgIpc) is 2.90. The molecule has 1 aromatic heterocycles. The lowest BCUT2D eigenvalue weighted by Crippen LogP contribution is -2.20. The first kappa shape index (κ1) is 11.3. The Morgan fingerprint density at radius 3 is 2.83 bits per heavy atom. The van der Waals surface area contributed by atoms with Gasteiger partial charge in [-0.3, -0.25) is 0 Å². The van der Waals surface area contributed by atoms with E-state index in [2.05, 4.69) is 20.3 Å². The lowest BCUT2D eigenvalue weighted by Gasteiger charge is -2.12. The third-order valence-corrected chi connectivity index (χ3v) is 4.81. The maximum Gasteiger partial charge on any atom is 0.160 e. The van der Waals surface area contributed by atoms with Crippen molar-refractivity contribution in [3.8, 4) is 0 Å². The molecule has 1 saturated heterocycles. The topological polar surface area (TPSA) is 111 Å². The molecule has 3 rings (SSSR count). The number of nitrogens with two attached hydrogens (primary N) is 1. The first-order valence-corrected chi connectivity index (χ1v) is 7.35. The van der Waals surface area contributed by atoms with Crippen LogP contribution in [0.4, 0.5) is 11.4 Å². The van der Waals surface area contributed by atoms with Crippen LogP contribution >= 0.6 is 0 Å². The highest BCUT2D eigenvalue weighted by atomic mass is 32.2. The van der Waals surface area contributed by atoms with Crippen LogP contribution in [-0.4, -0.2) is 36.3 Å². The van der Waals surface area contributed by atoms with Gasteiger partial charge in [0.15, 0.2) is 20.9 Å². The van der Waals surface area contributed by atoms with Crippen LogP contribution in [0, 0.1) is 0 Å². The first-order chi connectivity index (χ1) is 8.55. The lowest BCUT2D eigenvalue weighted by atomic mass is 10.2. The molecule has 0 aliphatic carbocycles. The minimum absolute atomic E-state index is 0.0986. The molecule has 1 fully saturated rings. The van der Waals surface area contributed by atoms with Crippen molar-refractivity contribution in [2.45, 2.75) is 12.5 Å². The molecule has 1 atom stereocenters. The Morgan fingerprint density at radius 2 is 2.11 bits per heavy atom. The molecule has 2 heterocycles. The number of hydrogen-bond acceptors (Lipinski definition) is 7. The van der Waals surface area contributed by atoms with Gasteiger partial charge in [-0.15, -0.1) is 0 Å². The maximum atomic E-state index is 11.4. The second-order valence-electron chi connectivity index (χ2n) is 4.41. The van der Waals surface area contributed by atoms with Crippen molar-refractivity contribution in [3.63, 3.8) is 0 Å². The normalized spacial score (nSPS) is 22.3. The molecule has 2 aromatic rings. The molecule has 1 aliphatic heterocycles. The number of sulfone groups is 1. The molecular formula is C10H12N4O3S. The SMILES string of the molecule is Nc1ccc(NC2CCS(=O)(=O)C2)c2nonc12. The van der Waals surface area contributed by atoms with Gasteiger partial charge in [0, 0.05) is 6.04 Å². The predicted octanol–water partition coefficient (Wildman–Crippen LogP) is 0.404. The van der Waals surface area contributed by atoms with Gasteiger partial charge in [-0.2, -0.15) is 0 Å². The van der Waals surface area contributed by atoms with Gasteiger partial charge >= 0.3 is 0 Å². The monoisotopic (exact) mass is 268 g/mol. The molecule has 1 unspecified atom stereocenters. The smallest absolute Gasteiger partial charge is 0.160 e. The van der Waals surface area contributed by atoms with Gasteiger partial charge in [-0.05, 0) is 28.9 Å². The van der Waals surface area contributed by atoms with E-state index in [1.54, 1.807) is 12.1 Å². The molecule has 0 radical (unpaired) electrons. The molecule has 0 bridgehead atoms. The molecule has 1 aliphatic rings. The second-order valence-corrected chi connectivity index (χ2v) is 6.64. The highest BCUT2D eigenvalue weighted by Crippen LogP contribution is 2.27. The zero-order chi connectivity index (χ0) is 12.8. The fourth-order valence-electron chi connectivity index (χ4n) is 2.13. The predicted molar refractivity (Wildman–Crippen MR) is 66.9 cm³/mol. The van der Waals surface area contributed by atoms with Gasteiger partial charge in [0.2, 0.25) is 0 Å². The summed E-state index contributed by atoms with van der Waals surface area (Å²) in [6.45, 7) is 0. The van der Waals surface area contributed by atoms with E-state index in [0.29, 0.717) is 28.8 Å². The molecular weight excluding hydrogens is 256 g/mol. The van der Waals surface area contributed by atoms with E-state index >= 15 is 0 Å². The maximum absolute atomic E-state index is 11.4. The van der Waals surface area contributed by atoms with E-state index in [9.17, 15) is 8.42 Å². The van der Waals surface area contributed by atoms with Crippen molar-refractivity contribution in [1.82, 2.24) is 10.3 Å². The van der Waals surface area contributed by atoms with Crippen LogP contribution in [0.3, 0.4) is 0 Å². The first-order valence-electron chi connectivity index (χ1n) is 5.53. The molecule has 96 valence electrons. The molecule has 0 saturated carbocycles. The van der Waals surface area contributed by atoms with Crippen molar-refractivity contribution in [1.29, 1.82) is 0 Å². The Balaban J connectivity index is 1.92. The third-order valence-electron chi connectivity index (χ3n) is 3.04. The molecule has 3 N–H and O–H groups in total. The highest BCUT2D eigenvalue weighted by Gasteiger charge is 2.28. The summed E-state index contributed by atoms with van der Waals surface area (Å²) in [7, 11) is -2.91. The average molecular weight is 268 g/mol. The Morgan fingerprint density at radius 1 is 1.33 bits per heavy atom. The van der Waals surface area contributed by atoms with Gasteiger partial charge in [-0.1, -0.05) is 0 Å². The zero-order valence-corrected chi connectivity index (χ0v) is 10.3. The number of rotatable bonds is 2. The summed E-state index contributed by atoms with van der Waals surface area (Å²) in [5, 5.41) is 10.6. The summed E-state index contributed by atoms with van der Waals surface area (Å²) in [4.78, 5) is 0. The minimum Gasteiger partial charge on any atom is -0.397 e. The fourth-order valence-corrected chi connectivity index (χ4v) is 3.80. The number of aromatic nitrogens is 2. The molecule has 7 nitrogen and oxygen atoms in total. The van der Waals surface area contributed by atoms with Gasteiger partial charge < -0.3 is 11.1 Å². The summed E-state index contributed by atoms with van der Waals surface area (Å²) < 4.78 is 27.4. The van der Waals surface area contributed by atoms with Crippen molar-refractivity contribution in [2.75, 3.05) is 22.6 Å². The van der Waals surface area contributed by atoms with Crippen LogP contribution in [0.5, 0.6) is 0 Å². The van der Waals surface area contributed by atoms with Crippen LogP contribution in [0.15, 0.2) is 16.8 Å². The summed E-state index contributed by atoms with van der Waals surface area (Å²) in [5.74, 6) is 0.365. The number of fused-ring (bicyclic) bond motifs is 1. The lowest BCUT2D eigenvalue weighted by molar-refractivity contribution is 0.315. The zero-order valence-electron chi connectivity index (χ0n) is 9.46. The van der Waals surface area contributed by atoms with Crippen molar-refractivity contribution >= 4 is 32.2 Å². The summed E-state index contributed by atoms with van der Waals surface area (Å²) in [6, 6.07) is 3.35. The number of hydrogen-bond donors (Lipinski definition) is 2. The number of nitrogens with zero attached hydrogens (tertiary/aromatic N) is 2. The van der Waals surface area contributed by atoms with E-state index in [0.717, 1.165) is 0 Å². The third kappa shape index (κ3) is 1.88. The van der Waals surface area contributed by atoms with Crippen LogP contribution < -0.4 is 11.1 Å². The number of benzene rings is 1. The van der Waals surface area contributed by atoms with Gasteiger partial charge in [0.05, 0.1) is 22.9 Å². The van der Waals surface area contributed by atoms with Crippen molar-refractivity contribution < 1.29 is 13.0 Å². The fraction of sp³-hybridized carbons (Fsp3) is 0.400. The number of anilines is 2. The van der Waals surface area contributed by atoms with Crippen LogP contribution in [0.2, 0.25) is 0 Å². The number of nitrogen functional groups attached to an aromatic ring is 1. The minimum atomic E-state index is -2.91. The second kappa shape index (κ2) is 3.84. The van der Waals surface area contributed by atoms with Gasteiger partial charge in [0.1, 0.15) is 0 Å². The van der Waals surface area contributed by atoms with E-state index in [1.807, 2.05) is 0 Å². The van der Waals surface area contributed by atoms with Gasteiger partial charge in [0.25, 0.3) is 0 Å². The van der Waals surface area contributed by atoms with E-state index in [-0.39, 0.29) is 17.5 Å². The number of nitrogens with one attached hydrogen (secondary N) is 1. The molecule has 18 heavy (non-hydrogen) atoms. The highest BCUT2D eigenvalue weighted by molar-refractivity contribution is 7.91. The quantitative estimate of drug-likeness (QED) is 0.758. The molecule has 0 spiro atoms. The molecule has 0 amide bonds. The Labute approximate surface area is 103 Å². The van der Waals surface area contributed by atoms with E-state index in [4.69, 9.17) is 5.73 Å². The van der Waals surface area contributed by atoms with Crippen molar-refractivity contribution in [2.24, 2.45) is 0 Å². The Bertz CT molecular complexity index is 694. The summed E-state index contributed by atoms with van der Waals surface area (Å²) in [6.07, 6.45) is 0.597. The molecule has 1 aromatic carbocycles. The summed E-state index contributed by atoms with van der Waals surface area (Å²) in [5.41, 5.74) is 7.93.